The number of methoxy groups -OCH3 is 1. The Kier molecular flexibility index (Phi) is 7.98. The molecule has 0 aliphatic carbocycles. The summed E-state index contributed by atoms with van der Waals surface area (Å²) in [5.74, 6) is -2.33. The number of ether oxygens (including phenoxy) is 1. The molecule has 0 aliphatic rings. The number of aliphatic carboxylic acids is 1. The van der Waals surface area contributed by atoms with Gasteiger partial charge in [0.1, 0.15) is 5.75 Å². The zero-order valence-electron chi connectivity index (χ0n) is 15.7. The standard InChI is InChI=1S/C17H17N3O2S.C2HF3O2/c1-22-16-9-12(13-10-19-20-11-13)4-5-15(16)17(21)18-7-6-14-3-2-8-23-14;3-2(4,5)1(6)7/h2-5,8-11H,6-7H2,1H3,(H,18,21)(H,19,20);(H,6,7). The van der Waals surface area contributed by atoms with Crippen molar-refractivity contribution >= 4 is 23.2 Å². The summed E-state index contributed by atoms with van der Waals surface area (Å²) in [5, 5.41) is 18.8. The molecule has 160 valence electrons. The fraction of sp³-hybridized carbons (Fsp3) is 0.211. The van der Waals surface area contributed by atoms with Gasteiger partial charge in [0.15, 0.2) is 0 Å². The number of nitrogens with one attached hydrogen (secondary N) is 2. The molecule has 3 N–H and O–H groups in total. The average Bonchev–Trinajstić information content (AvgIpc) is 3.41. The van der Waals surface area contributed by atoms with Gasteiger partial charge in [-0.2, -0.15) is 18.3 Å². The molecule has 0 saturated heterocycles. The lowest BCUT2D eigenvalue weighted by atomic mass is 10.1. The molecule has 7 nitrogen and oxygen atoms in total. The summed E-state index contributed by atoms with van der Waals surface area (Å²) in [7, 11) is 1.57. The lowest BCUT2D eigenvalue weighted by molar-refractivity contribution is -0.192. The predicted octanol–water partition coefficient (Wildman–Crippen LogP) is 3.75. The van der Waals surface area contributed by atoms with Gasteiger partial charge < -0.3 is 15.2 Å². The maximum atomic E-state index is 12.3. The Labute approximate surface area is 173 Å². The van der Waals surface area contributed by atoms with Crippen LogP contribution in [-0.4, -0.2) is 47.0 Å². The summed E-state index contributed by atoms with van der Waals surface area (Å²) < 4.78 is 37.1. The molecule has 0 radical (unpaired) electrons. The number of hydrogen-bond donors (Lipinski definition) is 3. The van der Waals surface area contributed by atoms with E-state index in [0.29, 0.717) is 17.9 Å². The van der Waals surface area contributed by atoms with E-state index in [9.17, 15) is 18.0 Å². The summed E-state index contributed by atoms with van der Waals surface area (Å²) in [6.45, 7) is 0.603. The lowest BCUT2D eigenvalue weighted by Gasteiger charge is -2.10. The number of aromatic nitrogens is 2. The van der Waals surface area contributed by atoms with Crippen molar-refractivity contribution in [3.05, 3.63) is 58.5 Å². The van der Waals surface area contributed by atoms with Gasteiger partial charge in [0.05, 0.1) is 18.9 Å². The fourth-order valence-corrected chi connectivity index (χ4v) is 3.03. The molecule has 2 heterocycles. The lowest BCUT2D eigenvalue weighted by Crippen LogP contribution is -2.25. The third-order valence-electron chi connectivity index (χ3n) is 3.76. The van der Waals surface area contributed by atoms with Crippen LogP contribution in [0.5, 0.6) is 5.75 Å². The van der Waals surface area contributed by atoms with E-state index < -0.39 is 12.1 Å². The maximum Gasteiger partial charge on any atom is 0.490 e. The van der Waals surface area contributed by atoms with E-state index in [-0.39, 0.29) is 5.91 Å². The zero-order chi connectivity index (χ0) is 22.1. The minimum absolute atomic E-state index is 0.128. The van der Waals surface area contributed by atoms with Gasteiger partial charge >= 0.3 is 12.1 Å². The number of thiophene rings is 1. The van der Waals surface area contributed by atoms with Crippen LogP contribution in [0.1, 0.15) is 15.2 Å². The number of nitrogens with zero attached hydrogens (tertiary/aromatic N) is 1. The Morgan fingerprint density at radius 1 is 1.27 bits per heavy atom. The van der Waals surface area contributed by atoms with Crippen LogP contribution >= 0.6 is 11.3 Å². The molecule has 0 atom stereocenters. The number of carbonyl (C=O) groups excluding carboxylic acids is 1. The molecular weight excluding hydrogens is 423 g/mol. The molecule has 3 rings (SSSR count). The third kappa shape index (κ3) is 6.62. The molecule has 30 heavy (non-hydrogen) atoms. The van der Waals surface area contributed by atoms with Crippen molar-refractivity contribution in [1.82, 2.24) is 15.5 Å². The molecule has 0 fully saturated rings. The number of alkyl halides is 3. The highest BCUT2D eigenvalue weighted by Gasteiger charge is 2.38. The Hall–Kier alpha value is -3.34. The molecule has 0 unspecified atom stereocenters. The zero-order valence-corrected chi connectivity index (χ0v) is 16.5. The number of aromatic amines is 1. The largest absolute Gasteiger partial charge is 0.496 e. The van der Waals surface area contributed by atoms with Gasteiger partial charge in [-0.3, -0.25) is 9.89 Å². The van der Waals surface area contributed by atoms with Gasteiger partial charge in [-0.25, -0.2) is 4.79 Å². The molecule has 0 spiro atoms. The van der Waals surface area contributed by atoms with Crippen molar-refractivity contribution < 1.29 is 32.6 Å². The van der Waals surface area contributed by atoms with Crippen LogP contribution in [0.15, 0.2) is 48.1 Å². The summed E-state index contributed by atoms with van der Waals surface area (Å²) in [5.41, 5.74) is 2.43. The van der Waals surface area contributed by atoms with Gasteiger partial charge in [0.25, 0.3) is 5.91 Å². The molecule has 0 saturated carbocycles. The van der Waals surface area contributed by atoms with E-state index in [0.717, 1.165) is 17.5 Å². The Balaban J connectivity index is 0.000000396. The number of H-pyrrole nitrogens is 1. The molecule has 2 aromatic heterocycles. The molecule has 11 heteroatoms. The van der Waals surface area contributed by atoms with Gasteiger partial charge in [-0.15, -0.1) is 11.3 Å². The van der Waals surface area contributed by atoms with E-state index in [1.165, 1.54) is 4.88 Å². The molecule has 1 amide bonds. The minimum Gasteiger partial charge on any atom is -0.496 e. The quantitative estimate of drug-likeness (QED) is 0.541. The van der Waals surface area contributed by atoms with Crippen LogP contribution in [0.2, 0.25) is 0 Å². The molecular formula is C19H18F3N3O4S. The van der Waals surface area contributed by atoms with Crippen molar-refractivity contribution in [3.8, 4) is 16.9 Å². The highest BCUT2D eigenvalue weighted by molar-refractivity contribution is 7.09. The minimum atomic E-state index is -5.08. The molecule has 0 aliphatic heterocycles. The monoisotopic (exact) mass is 441 g/mol. The number of amides is 1. The summed E-state index contributed by atoms with van der Waals surface area (Å²) in [6.07, 6.45) is -0.718. The van der Waals surface area contributed by atoms with E-state index in [1.807, 2.05) is 23.6 Å². The van der Waals surface area contributed by atoms with Crippen molar-refractivity contribution in [3.63, 3.8) is 0 Å². The molecule has 3 aromatic rings. The summed E-state index contributed by atoms with van der Waals surface area (Å²) in [6, 6.07) is 9.60. The predicted molar refractivity (Wildman–Crippen MR) is 105 cm³/mol. The highest BCUT2D eigenvalue weighted by Crippen LogP contribution is 2.26. The van der Waals surface area contributed by atoms with Crippen LogP contribution in [-0.2, 0) is 11.2 Å². The van der Waals surface area contributed by atoms with Gasteiger partial charge in [0.2, 0.25) is 0 Å². The van der Waals surface area contributed by atoms with Crippen LogP contribution in [0.4, 0.5) is 13.2 Å². The smallest absolute Gasteiger partial charge is 0.490 e. The maximum absolute atomic E-state index is 12.3. The normalized spacial score (nSPS) is 10.7. The number of carboxylic acid groups (broad SMARTS) is 1. The number of carboxylic acids is 1. The van der Waals surface area contributed by atoms with Crippen LogP contribution in [0, 0.1) is 0 Å². The third-order valence-corrected chi connectivity index (χ3v) is 4.69. The van der Waals surface area contributed by atoms with E-state index in [4.69, 9.17) is 14.6 Å². The van der Waals surface area contributed by atoms with Crippen LogP contribution in [0.3, 0.4) is 0 Å². The Morgan fingerprint density at radius 3 is 2.53 bits per heavy atom. The SMILES string of the molecule is COc1cc(-c2cn[nH]c2)ccc1C(=O)NCCc1cccs1.O=C(O)C(F)(F)F. The second-order valence-electron chi connectivity index (χ2n) is 5.79. The number of benzene rings is 1. The summed E-state index contributed by atoms with van der Waals surface area (Å²) >= 11 is 1.69. The topological polar surface area (TPSA) is 104 Å². The van der Waals surface area contributed by atoms with E-state index in [1.54, 1.807) is 36.9 Å². The van der Waals surface area contributed by atoms with Crippen molar-refractivity contribution in [2.45, 2.75) is 12.6 Å². The first-order valence-electron chi connectivity index (χ1n) is 8.50. The number of carbonyl (C=O) groups is 2. The van der Waals surface area contributed by atoms with E-state index >= 15 is 0 Å². The average molecular weight is 441 g/mol. The van der Waals surface area contributed by atoms with Gasteiger partial charge in [0, 0.05) is 23.2 Å². The van der Waals surface area contributed by atoms with Crippen LogP contribution < -0.4 is 10.1 Å². The molecule has 1 aromatic carbocycles. The van der Waals surface area contributed by atoms with Gasteiger partial charge in [-0.1, -0.05) is 12.1 Å². The first-order valence-corrected chi connectivity index (χ1v) is 9.38. The Bertz CT molecular complexity index is 958. The van der Waals surface area contributed by atoms with Crippen LogP contribution in [0.25, 0.3) is 11.1 Å². The van der Waals surface area contributed by atoms with E-state index in [2.05, 4.69) is 21.6 Å². The van der Waals surface area contributed by atoms with Crippen molar-refractivity contribution in [2.24, 2.45) is 0 Å². The summed E-state index contributed by atoms with van der Waals surface area (Å²) in [4.78, 5) is 22.5. The number of halogens is 3. The second-order valence-corrected chi connectivity index (χ2v) is 6.82. The fourth-order valence-electron chi connectivity index (χ4n) is 2.32. The first kappa shape index (κ1) is 22.9. The molecule has 0 bridgehead atoms. The van der Waals surface area contributed by atoms with Crippen molar-refractivity contribution in [2.75, 3.05) is 13.7 Å². The number of rotatable bonds is 6. The van der Waals surface area contributed by atoms with Gasteiger partial charge in [-0.05, 0) is 35.6 Å². The first-order chi connectivity index (χ1) is 14.2. The highest BCUT2D eigenvalue weighted by atomic mass is 32.1. The number of hydrogen-bond acceptors (Lipinski definition) is 5. The second kappa shape index (κ2) is 10.4. The van der Waals surface area contributed by atoms with Crippen molar-refractivity contribution in [1.29, 1.82) is 0 Å². The Morgan fingerprint density at radius 2 is 2.00 bits per heavy atom.